The number of allylic oxidation sites excluding steroid dienone is 1. The lowest BCUT2D eigenvalue weighted by Crippen LogP contribution is -2.47. The normalized spacial score (nSPS) is 12.1. The van der Waals surface area contributed by atoms with Crippen molar-refractivity contribution in [3.05, 3.63) is 42.0 Å². The number of carbonyl (C=O) groups is 1. The summed E-state index contributed by atoms with van der Waals surface area (Å²) < 4.78 is 0. The zero-order valence-corrected chi connectivity index (χ0v) is 11.0. The lowest BCUT2D eigenvalue weighted by Gasteiger charge is -2.19. The molecule has 0 atom stereocenters. The Labute approximate surface area is 108 Å². The van der Waals surface area contributed by atoms with Gasteiger partial charge in [-0.15, -0.1) is 0 Å². The molecular weight excluding hydrogens is 228 g/mol. The first-order valence-corrected chi connectivity index (χ1v) is 5.99. The summed E-state index contributed by atoms with van der Waals surface area (Å²) in [5.74, 6) is -0.472. The summed E-state index contributed by atoms with van der Waals surface area (Å²) in [6.07, 6.45) is 2.82. The first-order chi connectivity index (χ1) is 8.45. The van der Waals surface area contributed by atoms with Crippen LogP contribution in [-0.4, -0.2) is 16.6 Å². The topological polar surface area (TPSA) is 61.4 Å². The maximum absolute atomic E-state index is 11.6. The van der Waals surface area contributed by atoms with Crippen LogP contribution in [0.4, 0.5) is 0 Å². The van der Waals surface area contributed by atoms with Crippen LogP contribution in [0.3, 0.4) is 0 Å². The molecule has 0 saturated carbocycles. The van der Waals surface area contributed by atoms with Crippen molar-refractivity contribution in [1.29, 1.82) is 0 Å². The summed E-state index contributed by atoms with van der Waals surface area (Å²) in [5, 5.41) is 9.53. The molecule has 0 saturated heterocycles. The fourth-order valence-corrected chi connectivity index (χ4v) is 1.34. The number of benzene rings is 1. The van der Waals surface area contributed by atoms with Gasteiger partial charge in [-0.05, 0) is 25.8 Å². The summed E-state index contributed by atoms with van der Waals surface area (Å²) in [6.45, 7) is 4.90. The number of carbonyl (C=O) groups excluding carboxylic acids is 1. The molecular formula is C14H20N2O2. The van der Waals surface area contributed by atoms with Gasteiger partial charge < -0.3 is 5.11 Å². The predicted octanol–water partition coefficient (Wildman–Crippen LogP) is 1.83. The molecule has 0 bridgehead atoms. The van der Waals surface area contributed by atoms with E-state index >= 15 is 0 Å². The van der Waals surface area contributed by atoms with Gasteiger partial charge in [0.1, 0.15) is 5.60 Å². The van der Waals surface area contributed by atoms with Crippen LogP contribution in [-0.2, 0) is 4.79 Å². The zero-order chi connectivity index (χ0) is 13.6. The first kappa shape index (κ1) is 14.3. The Kier molecular flexibility index (Phi) is 4.92. The van der Waals surface area contributed by atoms with Crippen molar-refractivity contribution in [1.82, 2.24) is 10.9 Å². The molecule has 0 radical (unpaired) electrons. The Bertz CT molecular complexity index is 419. The molecule has 0 aromatic heterocycles. The fraction of sp³-hybridized carbons (Fsp3) is 0.357. The molecule has 0 heterocycles. The average molecular weight is 248 g/mol. The van der Waals surface area contributed by atoms with Gasteiger partial charge in [-0.2, -0.15) is 0 Å². The third-order valence-corrected chi connectivity index (χ3v) is 2.36. The Morgan fingerprint density at radius 1 is 1.28 bits per heavy atom. The second-order valence-electron chi connectivity index (χ2n) is 4.53. The highest BCUT2D eigenvalue weighted by Crippen LogP contribution is 2.11. The number of nitrogens with one attached hydrogen (secondary N) is 2. The molecule has 0 aliphatic rings. The molecule has 98 valence electrons. The van der Waals surface area contributed by atoms with Gasteiger partial charge in [-0.1, -0.05) is 43.3 Å². The molecule has 3 N–H and O–H groups in total. The minimum atomic E-state index is -1.40. The zero-order valence-electron chi connectivity index (χ0n) is 11.0. The van der Waals surface area contributed by atoms with E-state index in [4.69, 9.17) is 0 Å². The quantitative estimate of drug-likeness (QED) is 0.697. The molecule has 0 spiro atoms. The number of rotatable bonds is 5. The van der Waals surface area contributed by atoms with Crippen molar-refractivity contribution < 1.29 is 9.90 Å². The highest BCUT2D eigenvalue weighted by Gasteiger charge is 2.23. The standard InChI is InChI=1S/C14H20N2O2/c1-4-8-12(11-9-6-5-7-10-11)15-16-13(17)14(2,3)18/h5-10,15,18H,4H2,1-3H3,(H,16,17)/b12-8-. The molecule has 18 heavy (non-hydrogen) atoms. The van der Waals surface area contributed by atoms with Gasteiger partial charge in [0.2, 0.25) is 0 Å². The molecule has 4 heteroatoms. The molecule has 0 aliphatic heterocycles. The van der Waals surface area contributed by atoms with Crippen LogP contribution in [0.5, 0.6) is 0 Å². The highest BCUT2D eigenvalue weighted by atomic mass is 16.3. The van der Waals surface area contributed by atoms with E-state index in [1.54, 1.807) is 0 Å². The van der Waals surface area contributed by atoms with E-state index in [0.29, 0.717) is 0 Å². The number of hydrogen-bond acceptors (Lipinski definition) is 3. The number of hydrazine groups is 1. The van der Waals surface area contributed by atoms with Gasteiger partial charge in [0.25, 0.3) is 5.91 Å². The largest absolute Gasteiger partial charge is 0.381 e. The Morgan fingerprint density at radius 3 is 2.39 bits per heavy atom. The van der Waals surface area contributed by atoms with E-state index in [1.807, 2.05) is 43.3 Å². The minimum Gasteiger partial charge on any atom is -0.381 e. The summed E-state index contributed by atoms with van der Waals surface area (Å²) in [7, 11) is 0. The van der Waals surface area contributed by atoms with Gasteiger partial charge in [-0.25, -0.2) is 0 Å². The van der Waals surface area contributed by atoms with Crippen LogP contribution in [0, 0.1) is 0 Å². The lowest BCUT2D eigenvalue weighted by molar-refractivity contribution is -0.137. The van der Waals surface area contributed by atoms with Crippen molar-refractivity contribution >= 4 is 11.6 Å². The summed E-state index contributed by atoms with van der Waals surface area (Å²) in [4.78, 5) is 11.6. The van der Waals surface area contributed by atoms with Crippen LogP contribution in [0.15, 0.2) is 36.4 Å². The van der Waals surface area contributed by atoms with Gasteiger partial charge in [-0.3, -0.25) is 15.6 Å². The van der Waals surface area contributed by atoms with E-state index < -0.39 is 11.5 Å². The second-order valence-corrected chi connectivity index (χ2v) is 4.53. The maximum Gasteiger partial charge on any atom is 0.269 e. The fourth-order valence-electron chi connectivity index (χ4n) is 1.34. The van der Waals surface area contributed by atoms with Gasteiger partial charge in [0.15, 0.2) is 0 Å². The van der Waals surface area contributed by atoms with E-state index in [2.05, 4.69) is 10.9 Å². The summed E-state index contributed by atoms with van der Waals surface area (Å²) in [5.41, 5.74) is 5.74. The van der Waals surface area contributed by atoms with Crippen LogP contribution in [0.1, 0.15) is 32.8 Å². The van der Waals surface area contributed by atoms with Gasteiger partial charge >= 0.3 is 0 Å². The van der Waals surface area contributed by atoms with Crippen molar-refractivity contribution in [3.63, 3.8) is 0 Å². The van der Waals surface area contributed by atoms with Crippen LogP contribution in [0.2, 0.25) is 0 Å². The molecule has 0 aliphatic carbocycles. The summed E-state index contributed by atoms with van der Waals surface area (Å²) >= 11 is 0. The smallest absolute Gasteiger partial charge is 0.269 e. The van der Waals surface area contributed by atoms with Crippen molar-refractivity contribution in [2.75, 3.05) is 0 Å². The van der Waals surface area contributed by atoms with Crippen LogP contribution >= 0.6 is 0 Å². The van der Waals surface area contributed by atoms with Crippen molar-refractivity contribution in [2.24, 2.45) is 0 Å². The van der Waals surface area contributed by atoms with Gasteiger partial charge in [0.05, 0.1) is 5.70 Å². The molecule has 1 rings (SSSR count). The molecule has 1 aromatic rings. The first-order valence-electron chi connectivity index (χ1n) is 5.99. The molecule has 1 amide bonds. The second kappa shape index (κ2) is 6.21. The Morgan fingerprint density at radius 2 is 1.89 bits per heavy atom. The third-order valence-electron chi connectivity index (χ3n) is 2.36. The van der Waals surface area contributed by atoms with E-state index in [9.17, 15) is 9.90 Å². The van der Waals surface area contributed by atoms with Crippen LogP contribution in [0.25, 0.3) is 5.70 Å². The number of amides is 1. The number of hydrogen-bond donors (Lipinski definition) is 3. The van der Waals surface area contributed by atoms with Gasteiger partial charge in [0, 0.05) is 0 Å². The predicted molar refractivity (Wildman–Crippen MR) is 72.3 cm³/mol. The SMILES string of the molecule is CC/C=C(\NNC(=O)C(C)(C)O)c1ccccc1. The number of aliphatic hydroxyl groups is 1. The molecule has 0 unspecified atom stereocenters. The molecule has 1 aromatic carbocycles. The Balaban J connectivity index is 2.73. The minimum absolute atomic E-state index is 0.472. The maximum atomic E-state index is 11.6. The Hall–Kier alpha value is -1.81. The van der Waals surface area contributed by atoms with Crippen LogP contribution < -0.4 is 10.9 Å². The third kappa shape index (κ3) is 4.22. The van der Waals surface area contributed by atoms with Crippen molar-refractivity contribution in [3.8, 4) is 0 Å². The van der Waals surface area contributed by atoms with E-state index in [1.165, 1.54) is 13.8 Å². The average Bonchev–Trinajstić information content (AvgIpc) is 2.34. The molecule has 4 nitrogen and oxygen atoms in total. The monoisotopic (exact) mass is 248 g/mol. The van der Waals surface area contributed by atoms with Crippen molar-refractivity contribution in [2.45, 2.75) is 32.8 Å². The van der Waals surface area contributed by atoms with E-state index in [0.717, 1.165) is 17.7 Å². The van der Waals surface area contributed by atoms with E-state index in [-0.39, 0.29) is 0 Å². The molecule has 0 fully saturated rings. The highest BCUT2D eigenvalue weighted by molar-refractivity contribution is 5.84. The summed E-state index contributed by atoms with van der Waals surface area (Å²) in [6, 6.07) is 9.69. The lowest BCUT2D eigenvalue weighted by atomic mass is 10.1.